The van der Waals surface area contributed by atoms with E-state index in [1.165, 1.54) is 0 Å². The second-order valence-electron chi connectivity index (χ2n) is 6.90. The first-order valence-electron chi connectivity index (χ1n) is 9.98. The van der Waals surface area contributed by atoms with Crippen molar-refractivity contribution in [3.63, 3.8) is 0 Å². The summed E-state index contributed by atoms with van der Waals surface area (Å²) in [7, 11) is 0. The minimum Gasteiger partial charge on any atom is -0.377 e. The Balaban J connectivity index is 2.50. The van der Waals surface area contributed by atoms with Crippen LogP contribution in [0.15, 0.2) is 0 Å². The van der Waals surface area contributed by atoms with Crippen LogP contribution >= 0.6 is 0 Å². The van der Waals surface area contributed by atoms with Gasteiger partial charge in [0.15, 0.2) is 12.1 Å². The maximum atomic E-state index is 12.2. The summed E-state index contributed by atoms with van der Waals surface area (Å²) in [6.45, 7) is 8.94. The Kier molecular flexibility index (Phi) is 13.0. The van der Waals surface area contributed by atoms with Crippen LogP contribution in [0.4, 0.5) is 0 Å². The molecule has 0 aromatic heterocycles. The van der Waals surface area contributed by atoms with Crippen molar-refractivity contribution >= 4 is 11.8 Å². The van der Waals surface area contributed by atoms with Gasteiger partial charge in [-0.3, -0.25) is 9.59 Å². The molecule has 1 aliphatic heterocycles. The summed E-state index contributed by atoms with van der Waals surface area (Å²) in [5.41, 5.74) is 7.59. The molecule has 28 heavy (non-hydrogen) atoms. The summed E-state index contributed by atoms with van der Waals surface area (Å²) in [5, 5.41) is 0. The Labute approximate surface area is 167 Å². The SMILES string of the molecule is C[C@H]([NH3+])C(=O)N1CCOCCOCCN(C(=O)[C@@H](C)[NH3+])CCOCCOCC1. The molecule has 0 spiro atoms. The van der Waals surface area contributed by atoms with E-state index in [1.807, 2.05) is 0 Å². The van der Waals surface area contributed by atoms with Gasteiger partial charge in [-0.15, -0.1) is 0 Å². The van der Waals surface area contributed by atoms with Gasteiger partial charge in [-0.2, -0.15) is 0 Å². The molecule has 6 N–H and O–H groups in total. The van der Waals surface area contributed by atoms with Gasteiger partial charge < -0.3 is 40.2 Å². The average molecular weight is 407 g/mol. The van der Waals surface area contributed by atoms with Gasteiger partial charge in [-0.25, -0.2) is 0 Å². The van der Waals surface area contributed by atoms with Gasteiger partial charge in [0.05, 0.1) is 52.9 Å². The molecule has 1 saturated heterocycles. The lowest BCUT2D eigenvalue weighted by molar-refractivity contribution is -0.400. The van der Waals surface area contributed by atoms with Crippen molar-refractivity contribution in [3.8, 4) is 0 Å². The van der Waals surface area contributed by atoms with E-state index in [-0.39, 0.29) is 23.9 Å². The zero-order valence-corrected chi connectivity index (χ0v) is 17.4. The number of hydrogen-bond donors (Lipinski definition) is 2. The molecule has 2 amide bonds. The van der Waals surface area contributed by atoms with Crippen molar-refractivity contribution in [2.45, 2.75) is 25.9 Å². The normalized spacial score (nSPS) is 22.0. The summed E-state index contributed by atoms with van der Waals surface area (Å²) in [6.07, 6.45) is 0. The number of carbonyl (C=O) groups excluding carboxylic acids is 2. The van der Waals surface area contributed by atoms with Crippen LogP contribution in [0.5, 0.6) is 0 Å². The quantitative estimate of drug-likeness (QED) is 0.502. The van der Waals surface area contributed by atoms with Crippen LogP contribution in [0.25, 0.3) is 0 Å². The van der Waals surface area contributed by atoms with Crippen LogP contribution in [-0.4, -0.2) is 113 Å². The smallest absolute Gasteiger partial charge is 0.280 e. The number of rotatable bonds is 2. The predicted molar refractivity (Wildman–Crippen MR) is 101 cm³/mol. The van der Waals surface area contributed by atoms with E-state index < -0.39 is 0 Å². The minimum atomic E-state index is -0.309. The van der Waals surface area contributed by atoms with Gasteiger partial charge >= 0.3 is 0 Å². The highest BCUT2D eigenvalue weighted by atomic mass is 16.5. The molecule has 0 aromatic rings. The third-order valence-electron chi connectivity index (χ3n) is 4.23. The molecular weight excluding hydrogens is 368 g/mol. The van der Waals surface area contributed by atoms with Crippen LogP contribution in [-0.2, 0) is 28.5 Å². The molecule has 1 aliphatic rings. The standard InChI is InChI=1S/C18H36N4O6/c1-15(19)17(23)21-3-7-25-11-13-27-9-5-22(18(24)16(2)20)6-10-28-14-12-26-8-4-21/h15-16H,3-14,19-20H2,1-2H3/p+2/t15-,16+. The Morgan fingerprint density at radius 2 is 0.857 bits per heavy atom. The molecule has 0 bridgehead atoms. The molecule has 10 heteroatoms. The summed E-state index contributed by atoms with van der Waals surface area (Å²) in [6, 6.07) is -0.618. The van der Waals surface area contributed by atoms with E-state index in [1.54, 1.807) is 23.6 Å². The first-order chi connectivity index (χ1) is 13.4. The van der Waals surface area contributed by atoms with Gasteiger partial charge in [0.1, 0.15) is 0 Å². The Morgan fingerprint density at radius 3 is 1.07 bits per heavy atom. The van der Waals surface area contributed by atoms with Crippen LogP contribution in [0, 0.1) is 0 Å². The lowest BCUT2D eigenvalue weighted by atomic mass is 10.3. The zero-order valence-electron chi connectivity index (χ0n) is 17.4. The molecule has 1 fully saturated rings. The zero-order chi connectivity index (χ0) is 20.8. The van der Waals surface area contributed by atoms with E-state index in [0.717, 1.165) is 0 Å². The largest absolute Gasteiger partial charge is 0.377 e. The van der Waals surface area contributed by atoms with Crippen molar-refractivity contribution < 1.29 is 40.0 Å². The van der Waals surface area contributed by atoms with Gasteiger partial charge in [0.2, 0.25) is 0 Å². The second kappa shape index (κ2) is 14.7. The van der Waals surface area contributed by atoms with E-state index in [0.29, 0.717) is 79.0 Å². The van der Waals surface area contributed by atoms with E-state index in [2.05, 4.69) is 11.5 Å². The Hall–Kier alpha value is -1.30. The van der Waals surface area contributed by atoms with Gasteiger partial charge in [0, 0.05) is 26.2 Å². The maximum Gasteiger partial charge on any atom is 0.280 e. The monoisotopic (exact) mass is 406 g/mol. The van der Waals surface area contributed by atoms with Crippen molar-refractivity contribution in [1.82, 2.24) is 9.80 Å². The molecule has 1 rings (SSSR count). The van der Waals surface area contributed by atoms with Crippen molar-refractivity contribution in [2.24, 2.45) is 0 Å². The number of ether oxygens (including phenoxy) is 4. The topological polar surface area (TPSA) is 133 Å². The summed E-state index contributed by atoms with van der Waals surface area (Å²) < 4.78 is 22.2. The third kappa shape index (κ3) is 10.3. The number of carbonyl (C=O) groups is 2. The van der Waals surface area contributed by atoms with Crippen LogP contribution in [0.3, 0.4) is 0 Å². The van der Waals surface area contributed by atoms with Crippen LogP contribution in [0.2, 0.25) is 0 Å². The molecule has 0 aromatic carbocycles. The molecule has 1 heterocycles. The molecule has 2 atom stereocenters. The predicted octanol–water partition coefficient (Wildman–Crippen LogP) is -3.02. The Morgan fingerprint density at radius 1 is 0.607 bits per heavy atom. The van der Waals surface area contributed by atoms with Gasteiger partial charge in [0.25, 0.3) is 11.8 Å². The molecule has 0 unspecified atom stereocenters. The first kappa shape index (κ1) is 24.7. The molecular formula is C18H38N4O6+2. The fourth-order valence-corrected chi connectivity index (χ4v) is 2.63. The van der Waals surface area contributed by atoms with Crippen LogP contribution in [0.1, 0.15) is 13.8 Å². The molecule has 0 aliphatic carbocycles. The van der Waals surface area contributed by atoms with Crippen LogP contribution < -0.4 is 11.5 Å². The number of amides is 2. The molecule has 164 valence electrons. The van der Waals surface area contributed by atoms with Crippen molar-refractivity contribution in [1.29, 1.82) is 0 Å². The first-order valence-corrected chi connectivity index (χ1v) is 9.98. The molecule has 10 nitrogen and oxygen atoms in total. The van der Waals surface area contributed by atoms with Gasteiger partial charge in [-0.05, 0) is 13.8 Å². The number of nitrogens with zero attached hydrogens (tertiary/aromatic N) is 2. The van der Waals surface area contributed by atoms with Crippen molar-refractivity contribution in [2.75, 3.05) is 79.0 Å². The average Bonchev–Trinajstić information content (AvgIpc) is 2.66. The number of hydrogen-bond acceptors (Lipinski definition) is 6. The maximum absolute atomic E-state index is 12.2. The highest BCUT2D eigenvalue weighted by molar-refractivity contribution is 5.80. The summed E-state index contributed by atoms with van der Waals surface area (Å²) >= 11 is 0. The highest BCUT2D eigenvalue weighted by Gasteiger charge is 2.21. The Bertz CT molecular complexity index is 390. The summed E-state index contributed by atoms with van der Waals surface area (Å²) in [5.74, 6) is -0.0305. The fourth-order valence-electron chi connectivity index (χ4n) is 2.63. The molecule has 0 saturated carbocycles. The van der Waals surface area contributed by atoms with Crippen molar-refractivity contribution in [3.05, 3.63) is 0 Å². The summed E-state index contributed by atoms with van der Waals surface area (Å²) in [4.78, 5) is 27.9. The highest BCUT2D eigenvalue weighted by Crippen LogP contribution is 1.97. The lowest BCUT2D eigenvalue weighted by Crippen LogP contribution is -2.66. The minimum absolute atomic E-state index is 0.0153. The second-order valence-corrected chi connectivity index (χ2v) is 6.90. The number of quaternary nitrogens is 2. The van der Waals surface area contributed by atoms with E-state index >= 15 is 0 Å². The third-order valence-corrected chi connectivity index (χ3v) is 4.23. The van der Waals surface area contributed by atoms with E-state index in [4.69, 9.17) is 18.9 Å². The fraction of sp³-hybridized carbons (Fsp3) is 0.889. The van der Waals surface area contributed by atoms with Gasteiger partial charge in [-0.1, -0.05) is 0 Å². The lowest BCUT2D eigenvalue weighted by Gasteiger charge is -2.24. The molecule has 0 radical (unpaired) electrons. The van der Waals surface area contributed by atoms with E-state index in [9.17, 15) is 9.59 Å².